The van der Waals surface area contributed by atoms with Crippen LogP contribution >= 0.6 is 15.9 Å². The van der Waals surface area contributed by atoms with Gasteiger partial charge in [0.1, 0.15) is 11.5 Å². The highest BCUT2D eigenvalue weighted by Crippen LogP contribution is 2.27. The first-order valence-electron chi connectivity index (χ1n) is 6.29. The van der Waals surface area contributed by atoms with Gasteiger partial charge in [-0.3, -0.25) is 0 Å². The van der Waals surface area contributed by atoms with Gasteiger partial charge in [0.25, 0.3) is 0 Å². The second-order valence-electron chi connectivity index (χ2n) is 4.86. The van der Waals surface area contributed by atoms with Crippen LogP contribution in [0.2, 0.25) is 0 Å². The summed E-state index contributed by atoms with van der Waals surface area (Å²) in [7, 11) is 2.05. The maximum Gasteiger partial charge on any atom is 0.123 e. The van der Waals surface area contributed by atoms with E-state index >= 15 is 0 Å². The van der Waals surface area contributed by atoms with Gasteiger partial charge in [0.2, 0.25) is 0 Å². The Hall–Kier alpha value is -1.26. The fourth-order valence-corrected chi connectivity index (χ4v) is 2.75. The molecule has 1 aromatic carbocycles. The van der Waals surface area contributed by atoms with Gasteiger partial charge in [0.05, 0.1) is 6.54 Å². The van der Waals surface area contributed by atoms with E-state index in [0.717, 1.165) is 33.8 Å². The number of anilines is 1. The van der Waals surface area contributed by atoms with Crippen molar-refractivity contribution in [1.29, 1.82) is 0 Å². The number of nitrogens with zero attached hydrogens (tertiary/aromatic N) is 1. The quantitative estimate of drug-likeness (QED) is 0.924. The number of benzene rings is 1. The molecule has 0 aliphatic heterocycles. The van der Waals surface area contributed by atoms with Crippen molar-refractivity contribution in [2.75, 3.05) is 11.9 Å². The standard InChI is InChI=1S/C15H19BrN2O/c1-10-4-6-13(19-10)9-18(3)12-5-7-14(11(2)17)15(16)8-12/h4-8,11H,9,17H2,1-3H3/t11-/m0/s1. The molecule has 1 heterocycles. The van der Waals surface area contributed by atoms with Crippen molar-refractivity contribution >= 4 is 21.6 Å². The van der Waals surface area contributed by atoms with Gasteiger partial charge in [0.15, 0.2) is 0 Å². The Morgan fingerprint density at radius 3 is 2.58 bits per heavy atom. The Kier molecular flexibility index (Phi) is 4.32. The van der Waals surface area contributed by atoms with Gasteiger partial charge >= 0.3 is 0 Å². The van der Waals surface area contributed by atoms with Crippen LogP contribution in [0.15, 0.2) is 39.2 Å². The highest BCUT2D eigenvalue weighted by molar-refractivity contribution is 9.10. The lowest BCUT2D eigenvalue weighted by atomic mass is 10.1. The monoisotopic (exact) mass is 322 g/mol. The van der Waals surface area contributed by atoms with Gasteiger partial charge in [-0.05, 0) is 43.7 Å². The van der Waals surface area contributed by atoms with Crippen LogP contribution in [0.4, 0.5) is 5.69 Å². The van der Waals surface area contributed by atoms with Gasteiger partial charge in [-0.1, -0.05) is 22.0 Å². The molecule has 0 fully saturated rings. The molecule has 0 saturated carbocycles. The predicted molar refractivity (Wildman–Crippen MR) is 82.3 cm³/mol. The third-order valence-corrected chi connectivity index (χ3v) is 3.79. The minimum absolute atomic E-state index is 0.0291. The fraction of sp³-hybridized carbons (Fsp3) is 0.333. The van der Waals surface area contributed by atoms with Crippen LogP contribution in [-0.4, -0.2) is 7.05 Å². The molecule has 0 unspecified atom stereocenters. The maximum atomic E-state index is 5.91. The molecule has 2 N–H and O–H groups in total. The minimum atomic E-state index is 0.0291. The highest BCUT2D eigenvalue weighted by atomic mass is 79.9. The number of halogens is 1. The Labute approximate surface area is 122 Å². The molecule has 0 saturated heterocycles. The van der Waals surface area contributed by atoms with Crippen molar-refractivity contribution in [3.8, 4) is 0 Å². The topological polar surface area (TPSA) is 42.4 Å². The zero-order chi connectivity index (χ0) is 14.0. The van der Waals surface area contributed by atoms with Gasteiger partial charge in [0, 0.05) is 23.2 Å². The number of furan rings is 1. The molecule has 4 heteroatoms. The number of hydrogen-bond acceptors (Lipinski definition) is 3. The van der Waals surface area contributed by atoms with E-state index in [9.17, 15) is 0 Å². The normalized spacial score (nSPS) is 12.5. The molecular weight excluding hydrogens is 304 g/mol. The summed E-state index contributed by atoms with van der Waals surface area (Å²) in [5, 5.41) is 0. The molecule has 1 aromatic heterocycles. The summed E-state index contributed by atoms with van der Waals surface area (Å²) < 4.78 is 6.64. The van der Waals surface area contributed by atoms with Gasteiger partial charge in [-0.2, -0.15) is 0 Å². The van der Waals surface area contributed by atoms with Crippen LogP contribution < -0.4 is 10.6 Å². The lowest BCUT2D eigenvalue weighted by Crippen LogP contribution is -2.16. The van der Waals surface area contributed by atoms with Crippen LogP contribution in [0.3, 0.4) is 0 Å². The van der Waals surface area contributed by atoms with Crippen molar-refractivity contribution < 1.29 is 4.42 Å². The molecule has 0 aliphatic rings. The summed E-state index contributed by atoms with van der Waals surface area (Å²) in [5.74, 6) is 1.91. The summed E-state index contributed by atoms with van der Waals surface area (Å²) in [6, 6.07) is 10.3. The number of hydrogen-bond donors (Lipinski definition) is 1. The number of nitrogens with two attached hydrogens (primary N) is 1. The van der Waals surface area contributed by atoms with Gasteiger partial charge in [-0.25, -0.2) is 0 Å². The summed E-state index contributed by atoms with van der Waals surface area (Å²) in [6.45, 7) is 4.68. The lowest BCUT2D eigenvalue weighted by Gasteiger charge is -2.20. The van der Waals surface area contributed by atoms with Crippen molar-refractivity contribution in [2.45, 2.75) is 26.4 Å². The molecule has 1 atom stereocenters. The molecule has 3 nitrogen and oxygen atoms in total. The maximum absolute atomic E-state index is 5.91. The zero-order valence-corrected chi connectivity index (χ0v) is 13.1. The number of rotatable bonds is 4. The van der Waals surface area contributed by atoms with Crippen LogP contribution in [0.5, 0.6) is 0 Å². The molecule has 2 rings (SSSR count). The first-order chi connectivity index (χ1) is 8.97. The van der Waals surface area contributed by atoms with E-state index in [0.29, 0.717) is 0 Å². The van der Waals surface area contributed by atoms with Gasteiger partial charge < -0.3 is 15.1 Å². The summed E-state index contributed by atoms with van der Waals surface area (Å²) in [5.41, 5.74) is 8.16. The minimum Gasteiger partial charge on any atom is -0.464 e. The number of aryl methyl sites for hydroxylation is 1. The van der Waals surface area contributed by atoms with Gasteiger partial charge in [-0.15, -0.1) is 0 Å². The van der Waals surface area contributed by atoms with Crippen molar-refractivity contribution in [3.05, 3.63) is 51.9 Å². The average molecular weight is 323 g/mol. The molecule has 19 heavy (non-hydrogen) atoms. The third kappa shape index (κ3) is 3.39. The smallest absolute Gasteiger partial charge is 0.123 e. The molecule has 102 valence electrons. The molecule has 0 amide bonds. The second-order valence-corrected chi connectivity index (χ2v) is 5.72. The van der Waals surface area contributed by atoms with E-state index in [4.69, 9.17) is 10.2 Å². The second kappa shape index (κ2) is 5.80. The first kappa shape index (κ1) is 14.2. The fourth-order valence-electron chi connectivity index (χ4n) is 2.02. The third-order valence-electron chi connectivity index (χ3n) is 3.10. The molecule has 0 spiro atoms. The van der Waals surface area contributed by atoms with Crippen molar-refractivity contribution in [1.82, 2.24) is 0 Å². The van der Waals surface area contributed by atoms with E-state index in [1.54, 1.807) is 0 Å². The molecule has 0 bridgehead atoms. The van der Waals surface area contributed by atoms with E-state index in [-0.39, 0.29) is 6.04 Å². The summed E-state index contributed by atoms with van der Waals surface area (Å²) in [4.78, 5) is 2.15. The molecular formula is C15H19BrN2O. The predicted octanol–water partition coefficient (Wildman–Crippen LogP) is 4.01. The van der Waals surface area contributed by atoms with Crippen LogP contribution in [0.25, 0.3) is 0 Å². The Morgan fingerprint density at radius 2 is 2.05 bits per heavy atom. The largest absolute Gasteiger partial charge is 0.464 e. The Bertz CT molecular complexity index is 563. The Balaban J connectivity index is 2.15. The van der Waals surface area contributed by atoms with Crippen LogP contribution in [0.1, 0.15) is 30.0 Å². The average Bonchev–Trinajstić information content (AvgIpc) is 2.74. The molecule has 0 radical (unpaired) electrons. The summed E-state index contributed by atoms with van der Waals surface area (Å²) in [6.07, 6.45) is 0. The van der Waals surface area contributed by atoms with Crippen LogP contribution in [-0.2, 0) is 6.54 Å². The lowest BCUT2D eigenvalue weighted by molar-refractivity contribution is 0.482. The van der Waals surface area contributed by atoms with Crippen molar-refractivity contribution in [3.63, 3.8) is 0 Å². The molecule has 2 aromatic rings. The first-order valence-corrected chi connectivity index (χ1v) is 7.08. The van der Waals surface area contributed by atoms with Crippen LogP contribution in [0, 0.1) is 6.92 Å². The summed E-state index contributed by atoms with van der Waals surface area (Å²) >= 11 is 3.58. The molecule has 0 aliphatic carbocycles. The van der Waals surface area contributed by atoms with E-state index in [1.807, 2.05) is 33.0 Å². The Morgan fingerprint density at radius 1 is 1.32 bits per heavy atom. The SMILES string of the molecule is Cc1ccc(CN(C)c2ccc([C@H](C)N)c(Br)c2)o1. The van der Waals surface area contributed by atoms with Crippen molar-refractivity contribution in [2.24, 2.45) is 5.73 Å². The highest BCUT2D eigenvalue weighted by Gasteiger charge is 2.09. The van der Waals surface area contributed by atoms with E-state index < -0.39 is 0 Å². The zero-order valence-electron chi connectivity index (χ0n) is 11.5. The van der Waals surface area contributed by atoms with E-state index in [1.165, 1.54) is 0 Å². The van der Waals surface area contributed by atoms with E-state index in [2.05, 4.69) is 39.0 Å².